The van der Waals surface area contributed by atoms with Crippen LogP contribution in [0.2, 0.25) is 0 Å². The molecule has 7 N–H and O–H groups in total. The smallest absolute Gasteiger partial charge is 0.255 e. The lowest BCUT2D eigenvalue weighted by Gasteiger charge is -2.08. The summed E-state index contributed by atoms with van der Waals surface area (Å²) in [6.07, 6.45) is 0. The molecule has 6 heteroatoms. The van der Waals surface area contributed by atoms with Crippen molar-refractivity contribution >= 4 is 23.0 Å². The quantitative estimate of drug-likeness (QED) is 0.318. The van der Waals surface area contributed by atoms with Gasteiger partial charge in [-0.05, 0) is 36.4 Å². The van der Waals surface area contributed by atoms with Gasteiger partial charge >= 0.3 is 0 Å². The minimum Gasteiger partial charge on any atom is -0.506 e. The first-order valence-corrected chi connectivity index (χ1v) is 5.45. The molecule has 0 spiro atoms. The van der Waals surface area contributed by atoms with Gasteiger partial charge in [-0.15, -0.1) is 0 Å². The summed E-state index contributed by atoms with van der Waals surface area (Å²) in [4.78, 5) is 11.9. The Balaban J connectivity index is 2.20. The van der Waals surface area contributed by atoms with E-state index >= 15 is 0 Å². The van der Waals surface area contributed by atoms with Crippen molar-refractivity contribution in [2.24, 2.45) is 0 Å². The lowest BCUT2D eigenvalue weighted by atomic mass is 10.1. The lowest BCUT2D eigenvalue weighted by molar-refractivity contribution is 0.102. The zero-order chi connectivity index (χ0) is 14.0. The van der Waals surface area contributed by atoms with Crippen molar-refractivity contribution in [1.82, 2.24) is 0 Å². The van der Waals surface area contributed by atoms with Crippen molar-refractivity contribution in [1.29, 1.82) is 0 Å². The Labute approximate surface area is 109 Å². The average molecular weight is 259 g/mol. The van der Waals surface area contributed by atoms with Gasteiger partial charge in [0.1, 0.15) is 11.5 Å². The molecule has 1 amide bonds. The van der Waals surface area contributed by atoms with Crippen molar-refractivity contribution in [3.63, 3.8) is 0 Å². The summed E-state index contributed by atoms with van der Waals surface area (Å²) in [5.41, 5.74) is 12.1. The summed E-state index contributed by atoms with van der Waals surface area (Å²) in [5, 5.41) is 21.2. The van der Waals surface area contributed by atoms with Crippen LogP contribution in [0, 0.1) is 0 Å². The fourth-order valence-corrected chi connectivity index (χ4v) is 1.53. The molecule has 2 rings (SSSR count). The number of aromatic hydroxyl groups is 2. The molecule has 0 unspecified atom stereocenters. The number of phenolic OH excluding ortho intramolecular Hbond substituents is 2. The highest BCUT2D eigenvalue weighted by Crippen LogP contribution is 2.24. The molecule has 0 fully saturated rings. The van der Waals surface area contributed by atoms with E-state index in [4.69, 9.17) is 11.5 Å². The topological polar surface area (TPSA) is 122 Å². The van der Waals surface area contributed by atoms with Gasteiger partial charge in [0.25, 0.3) is 5.91 Å². The monoisotopic (exact) mass is 259 g/mol. The number of amides is 1. The Morgan fingerprint density at radius 1 is 0.947 bits per heavy atom. The van der Waals surface area contributed by atoms with Gasteiger partial charge < -0.3 is 27.0 Å². The van der Waals surface area contributed by atoms with Crippen molar-refractivity contribution in [3.05, 3.63) is 42.0 Å². The van der Waals surface area contributed by atoms with Gasteiger partial charge in [-0.2, -0.15) is 0 Å². The number of nitrogens with one attached hydrogen (secondary N) is 1. The zero-order valence-electron chi connectivity index (χ0n) is 9.92. The molecule has 0 heterocycles. The summed E-state index contributed by atoms with van der Waals surface area (Å²) < 4.78 is 0. The van der Waals surface area contributed by atoms with Crippen LogP contribution in [0.15, 0.2) is 36.4 Å². The maximum atomic E-state index is 11.9. The molecule has 0 aliphatic heterocycles. The summed E-state index contributed by atoms with van der Waals surface area (Å²) >= 11 is 0. The molecule has 0 bridgehead atoms. The number of hydrogen-bond acceptors (Lipinski definition) is 5. The van der Waals surface area contributed by atoms with Gasteiger partial charge in [0.15, 0.2) is 0 Å². The van der Waals surface area contributed by atoms with Crippen LogP contribution < -0.4 is 16.8 Å². The van der Waals surface area contributed by atoms with Crippen molar-refractivity contribution in [3.8, 4) is 11.5 Å². The summed E-state index contributed by atoms with van der Waals surface area (Å²) in [6, 6.07) is 8.51. The molecule has 0 saturated heterocycles. The van der Waals surface area contributed by atoms with Gasteiger partial charge in [-0.3, -0.25) is 4.79 Å². The molecule has 2 aromatic carbocycles. The van der Waals surface area contributed by atoms with Gasteiger partial charge in [-0.25, -0.2) is 0 Å². The number of carbonyl (C=O) groups is 1. The second-order valence-electron chi connectivity index (χ2n) is 4.00. The molecule has 19 heavy (non-hydrogen) atoms. The molecule has 98 valence electrons. The Morgan fingerprint density at radius 3 is 2.11 bits per heavy atom. The van der Waals surface area contributed by atoms with Gasteiger partial charge in [0, 0.05) is 11.3 Å². The van der Waals surface area contributed by atoms with Crippen LogP contribution in [-0.4, -0.2) is 16.1 Å². The lowest BCUT2D eigenvalue weighted by Crippen LogP contribution is -2.12. The number of hydrogen-bond donors (Lipinski definition) is 5. The molecular formula is C13H13N3O3. The third-order valence-electron chi connectivity index (χ3n) is 2.58. The maximum Gasteiger partial charge on any atom is 0.255 e. The number of rotatable bonds is 2. The third-order valence-corrected chi connectivity index (χ3v) is 2.58. The van der Waals surface area contributed by atoms with E-state index in [1.54, 1.807) is 0 Å². The Bertz CT molecular complexity index is 641. The highest BCUT2D eigenvalue weighted by atomic mass is 16.3. The van der Waals surface area contributed by atoms with E-state index in [1.165, 1.54) is 36.4 Å². The fourth-order valence-electron chi connectivity index (χ4n) is 1.53. The summed E-state index contributed by atoms with van der Waals surface area (Å²) in [6.45, 7) is 0. The van der Waals surface area contributed by atoms with Crippen LogP contribution in [0.1, 0.15) is 10.4 Å². The van der Waals surface area contributed by atoms with E-state index in [9.17, 15) is 15.0 Å². The fraction of sp³-hybridized carbons (Fsp3) is 0. The first kappa shape index (κ1) is 12.6. The molecule has 0 aliphatic carbocycles. The molecule has 6 nitrogen and oxygen atoms in total. The molecular weight excluding hydrogens is 246 g/mol. The standard InChI is InChI=1S/C13H13N3O3/c14-9-5-7(1-3-11(9)17)13(19)16-8-2-4-12(18)10(15)6-8/h1-6,17-18H,14-15H2,(H,16,19). The van der Waals surface area contributed by atoms with Gasteiger partial charge in [0.2, 0.25) is 0 Å². The molecule has 0 aromatic heterocycles. The van der Waals surface area contributed by atoms with Gasteiger partial charge in [-0.1, -0.05) is 0 Å². The third kappa shape index (κ3) is 2.68. The Hall–Kier alpha value is -2.89. The van der Waals surface area contributed by atoms with Gasteiger partial charge in [0.05, 0.1) is 11.4 Å². The largest absolute Gasteiger partial charge is 0.506 e. The zero-order valence-corrected chi connectivity index (χ0v) is 9.92. The van der Waals surface area contributed by atoms with Crippen molar-refractivity contribution in [2.45, 2.75) is 0 Å². The van der Waals surface area contributed by atoms with Crippen LogP contribution in [0.4, 0.5) is 17.1 Å². The summed E-state index contributed by atoms with van der Waals surface area (Å²) in [7, 11) is 0. The molecule has 0 aliphatic rings. The molecule has 0 atom stereocenters. The average Bonchev–Trinajstić information content (AvgIpc) is 2.37. The molecule has 0 radical (unpaired) electrons. The normalized spacial score (nSPS) is 10.1. The minimum absolute atomic E-state index is 0.0492. The number of nitrogen functional groups attached to an aromatic ring is 2. The number of benzene rings is 2. The highest BCUT2D eigenvalue weighted by molar-refractivity contribution is 6.05. The van der Waals surface area contributed by atoms with E-state index in [1.807, 2.05) is 0 Å². The number of anilines is 3. The van der Waals surface area contributed by atoms with E-state index in [0.717, 1.165) is 0 Å². The number of carbonyl (C=O) groups excluding carboxylic acids is 1. The van der Waals surface area contributed by atoms with E-state index in [0.29, 0.717) is 11.3 Å². The van der Waals surface area contributed by atoms with Crippen molar-refractivity contribution < 1.29 is 15.0 Å². The first-order valence-electron chi connectivity index (χ1n) is 5.45. The number of nitrogens with two attached hydrogens (primary N) is 2. The maximum absolute atomic E-state index is 11.9. The predicted octanol–water partition coefficient (Wildman–Crippen LogP) is 1.51. The second kappa shape index (κ2) is 4.77. The van der Waals surface area contributed by atoms with Crippen LogP contribution >= 0.6 is 0 Å². The molecule has 2 aromatic rings. The van der Waals surface area contributed by atoms with Crippen LogP contribution in [0.3, 0.4) is 0 Å². The number of phenols is 2. The molecule has 0 saturated carbocycles. The van der Waals surface area contributed by atoms with Crippen molar-refractivity contribution in [2.75, 3.05) is 16.8 Å². The Kier molecular flexibility index (Phi) is 3.15. The van der Waals surface area contributed by atoms with E-state index < -0.39 is 5.91 Å². The van der Waals surface area contributed by atoms with Crippen LogP contribution in [-0.2, 0) is 0 Å². The highest BCUT2D eigenvalue weighted by Gasteiger charge is 2.09. The second-order valence-corrected chi connectivity index (χ2v) is 4.00. The minimum atomic E-state index is -0.392. The van der Waals surface area contributed by atoms with Crippen LogP contribution in [0.5, 0.6) is 11.5 Å². The van der Waals surface area contributed by atoms with Crippen LogP contribution in [0.25, 0.3) is 0 Å². The van der Waals surface area contributed by atoms with E-state index in [2.05, 4.69) is 5.32 Å². The SMILES string of the molecule is Nc1cc(NC(=O)c2ccc(O)c(N)c2)ccc1O. The predicted molar refractivity (Wildman–Crippen MR) is 73.0 cm³/mol. The first-order chi connectivity index (χ1) is 8.97. The summed E-state index contributed by atoms with van der Waals surface area (Å²) in [5.74, 6) is -0.519. The van der Waals surface area contributed by atoms with E-state index in [-0.39, 0.29) is 22.9 Å². The Morgan fingerprint density at radius 2 is 1.53 bits per heavy atom.